The van der Waals surface area contributed by atoms with E-state index < -0.39 is 29.8 Å². The normalized spacial score (nSPS) is 13.9. The summed E-state index contributed by atoms with van der Waals surface area (Å²) in [4.78, 5) is 0. The van der Waals surface area contributed by atoms with Gasteiger partial charge in [0.15, 0.2) is 0 Å². The molecule has 0 aliphatic rings. The Kier molecular flexibility index (Phi) is 3.92. The van der Waals surface area contributed by atoms with E-state index in [2.05, 4.69) is 4.74 Å². The quantitative estimate of drug-likeness (QED) is 0.842. The zero-order valence-corrected chi connectivity index (χ0v) is 8.63. The first kappa shape index (κ1) is 13.7. The molecule has 0 radical (unpaired) electrons. The first-order valence-corrected chi connectivity index (χ1v) is 4.48. The van der Waals surface area contributed by atoms with Crippen molar-refractivity contribution in [1.29, 1.82) is 0 Å². The van der Waals surface area contributed by atoms with Gasteiger partial charge < -0.3 is 9.84 Å². The van der Waals surface area contributed by atoms with Crippen LogP contribution in [0.4, 0.5) is 22.0 Å². The monoisotopic (exact) mass is 256 g/mol. The summed E-state index contributed by atoms with van der Waals surface area (Å²) >= 11 is 0. The van der Waals surface area contributed by atoms with Gasteiger partial charge in [-0.2, -0.15) is 13.2 Å². The van der Waals surface area contributed by atoms with Crippen LogP contribution in [0.1, 0.15) is 17.2 Å². The third-order valence-corrected chi connectivity index (χ3v) is 2.11. The van der Waals surface area contributed by atoms with E-state index in [1.54, 1.807) is 0 Å². The maximum atomic E-state index is 12.4. The molecule has 17 heavy (non-hydrogen) atoms. The number of halogens is 5. The minimum atomic E-state index is -4.66. The van der Waals surface area contributed by atoms with E-state index in [1.807, 2.05) is 0 Å². The number of alkyl halides is 5. The Labute approximate surface area is 93.6 Å². The lowest BCUT2D eigenvalue weighted by molar-refractivity contribution is -0.137. The van der Waals surface area contributed by atoms with E-state index >= 15 is 0 Å². The number of methoxy groups -OCH3 is 1. The van der Waals surface area contributed by atoms with Gasteiger partial charge >= 0.3 is 6.18 Å². The molecule has 0 aliphatic heterocycles. The Hall–Kier alpha value is -1.37. The third-order valence-electron chi connectivity index (χ3n) is 2.11. The zero-order valence-electron chi connectivity index (χ0n) is 8.63. The summed E-state index contributed by atoms with van der Waals surface area (Å²) in [6.07, 6.45) is -10.2. The third kappa shape index (κ3) is 3.06. The maximum Gasteiger partial charge on any atom is 0.416 e. The Morgan fingerprint density at radius 3 is 2.24 bits per heavy atom. The largest absolute Gasteiger partial charge is 0.496 e. The Morgan fingerprint density at radius 2 is 1.82 bits per heavy atom. The van der Waals surface area contributed by atoms with Gasteiger partial charge in [-0.15, -0.1) is 0 Å². The molecule has 7 heteroatoms. The molecule has 1 N–H and O–H groups in total. The number of benzene rings is 1. The number of ether oxygens (including phenoxy) is 1. The van der Waals surface area contributed by atoms with Gasteiger partial charge in [-0.05, 0) is 18.2 Å². The molecule has 0 fully saturated rings. The van der Waals surface area contributed by atoms with Crippen LogP contribution in [0.3, 0.4) is 0 Å². The van der Waals surface area contributed by atoms with E-state index in [9.17, 15) is 22.0 Å². The molecular formula is C10H9F5O2. The highest BCUT2D eigenvalue weighted by molar-refractivity contribution is 5.40. The molecule has 96 valence electrons. The van der Waals surface area contributed by atoms with E-state index in [-0.39, 0.29) is 5.75 Å². The first-order valence-electron chi connectivity index (χ1n) is 4.48. The predicted molar refractivity (Wildman–Crippen MR) is 49.0 cm³/mol. The van der Waals surface area contributed by atoms with Crippen molar-refractivity contribution in [3.8, 4) is 5.75 Å². The minimum Gasteiger partial charge on any atom is -0.496 e. The molecule has 1 atom stereocenters. The molecule has 1 aromatic carbocycles. The van der Waals surface area contributed by atoms with E-state index in [4.69, 9.17) is 5.11 Å². The van der Waals surface area contributed by atoms with Gasteiger partial charge in [0, 0.05) is 5.56 Å². The van der Waals surface area contributed by atoms with Gasteiger partial charge in [-0.3, -0.25) is 0 Å². The zero-order chi connectivity index (χ0) is 13.2. The Balaban J connectivity index is 3.25. The average Bonchev–Trinajstić information content (AvgIpc) is 2.25. The molecule has 0 bridgehead atoms. The van der Waals surface area contributed by atoms with Crippen LogP contribution in [0.15, 0.2) is 18.2 Å². The summed E-state index contributed by atoms with van der Waals surface area (Å²) in [5.74, 6) is -0.217. The van der Waals surface area contributed by atoms with Crippen molar-refractivity contribution in [2.24, 2.45) is 0 Å². The Bertz CT molecular complexity index is 389. The second-order valence-corrected chi connectivity index (χ2v) is 3.23. The second-order valence-electron chi connectivity index (χ2n) is 3.23. The molecule has 0 saturated carbocycles. The van der Waals surface area contributed by atoms with Gasteiger partial charge in [-0.1, -0.05) is 0 Å². The number of aliphatic hydroxyl groups excluding tert-OH is 1. The first-order chi connectivity index (χ1) is 7.77. The van der Waals surface area contributed by atoms with Gasteiger partial charge in [0.1, 0.15) is 11.9 Å². The van der Waals surface area contributed by atoms with E-state index in [1.165, 1.54) is 0 Å². The van der Waals surface area contributed by atoms with Crippen molar-refractivity contribution in [2.75, 3.05) is 7.11 Å². The van der Waals surface area contributed by atoms with Gasteiger partial charge in [0.2, 0.25) is 0 Å². The van der Waals surface area contributed by atoms with Crippen LogP contribution in [0.5, 0.6) is 5.75 Å². The Morgan fingerprint density at radius 1 is 1.24 bits per heavy atom. The summed E-state index contributed by atoms with van der Waals surface area (Å²) in [7, 11) is 1.12. The molecule has 0 saturated heterocycles. The standard InChI is InChI=1S/C10H9F5O2/c1-17-7-3-2-5(10(13,14)15)4-6(7)8(16)9(11)12/h2-4,8-9,16H,1H3. The van der Waals surface area contributed by atoms with Crippen LogP contribution in [0, 0.1) is 0 Å². The van der Waals surface area contributed by atoms with E-state index in [0.717, 1.165) is 13.2 Å². The molecule has 1 rings (SSSR count). The predicted octanol–water partition coefficient (Wildman–Crippen LogP) is 3.01. The van der Waals surface area contributed by atoms with Crippen molar-refractivity contribution >= 4 is 0 Å². The van der Waals surface area contributed by atoms with Crippen LogP contribution >= 0.6 is 0 Å². The maximum absolute atomic E-state index is 12.4. The molecule has 2 nitrogen and oxygen atoms in total. The fraction of sp³-hybridized carbons (Fsp3) is 0.400. The highest BCUT2D eigenvalue weighted by Crippen LogP contribution is 2.36. The highest BCUT2D eigenvalue weighted by atomic mass is 19.4. The molecule has 1 unspecified atom stereocenters. The fourth-order valence-electron chi connectivity index (χ4n) is 1.28. The van der Waals surface area contributed by atoms with Crippen LogP contribution in [-0.2, 0) is 6.18 Å². The van der Waals surface area contributed by atoms with Crippen LogP contribution < -0.4 is 4.74 Å². The summed E-state index contributed by atoms with van der Waals surface area (Å²) in [6, 6.07) is 2.04. The summed E-state index contributed by atoms with van der Waals surface area (Å²) in [6.45, 7) is 0. The lowest BCUT2D eigenvalue weighted by Gasteiger charge is -2.16. The van der Waals surface area contributed by atoms with Crippen molar-refractivity contribution in [1.82, 2.24) is 0 Å². The van der Waals surface area contributed by atoms with Gasteiger partial charge in [0.25, 0.3) is 6.43 Å². The molecule has 1 aromatic rings. The van der Waals surface area contributed by atoms with E-state index in [0.29, 0.717) is 12.1 Å². The van der Waals surface area contributed by atoms with Crippen LogP contribution in [-0.4, -0.2) is 18.6 Å². The lowest BCUT2D eigenvalue weighted by Crippen LogP contribution is -2.12. The average molecular weight is 256 g/mol. The van der Waals surface area contributed by atoms with Gasteiger partial charge in [0.05, 0.1) is 12.7 Å². The number of hydrogen-bond acceptors (Lipinski definition) is 2. The smallest absolute Gasteiger partial charge is 0.416 e. The minimum absolute atomic E-state index is 0.217. The highest BCUT2D eigenvalue weighted by Gasteiger charge is 2.33. The number of rotatable bonds is 3. The van der Waals surface area contributed by atoms with Crippen molar-refractivity contribution in [3.63, 3.8) is 0 Å². The second kappa shape index (κ2) is 4.87. The number of aliphatic hydroxyl groups is 1. The lowest BCUT2D eigenvalue weighted by atomic mass is 10.0. The number of hydrogen-bond donors (Lipinski definition) is 1. The van der Waals surface area contributed by atoms with Gasteiger partial charge in [-0.25, -0.2) is 8.78 Å². The van der Waals surface area contributed by atoms with Crippen molar-refractivity contribution in [2.45, 2.75) is 18.7 Å². The molecule has 0 aliphatic carbocycles. The molecular weight excluding hydrogens is 247 g/mol. The van der Waals surface area contributed by atoms with Crippen molar-refractivity contribution < 1.29 is 31.8 Å². The topological polar surface area (TPSA) is 29.5 Å². The summed E-state index contributed by atoms with van der Waals surface area (Å²) < 4.78 is 66.2. The SMILES string of the molecule is COc1ccc(C(F)(F)F)cc1C(O)C(F)F. The molecule has 0 aromatic heterocycles. The summed E-state index contributed by atoms with van der Waals surface area (Å²) in [5.41, 5.74) is -1.70. The molecule has 0 heterocycles. The molecule has 0 amide bonds. The van der Waals surface area contributed by atoms with Crippen molar-refractivity contribution in [3.05, 3.63) is 29.3 Å². The molecule has 0 spiro atoms. The summed E-state index contributed by atoms with van der Waals surface area (Å²) in [5, 5.41) is 9.10. The van der Waals surface area contributed by atoms with Crippen LogP contribution in [0.25, 0.3) is 0 Å². The fourth-order valence-corrected chi connectivity index (χ4v) is 1.28. The van der Waals surface area contributed by atoms with Crippen LogP contribution in [0.2, 0.25) is 0 Å².